The van der Waals surface area contributed by atoms with Crippen molar-refractivity contribution in [2.24, 2.45) is 0 Å². The number of hydrogen-bond acceptors (Lipinski definition) is 5. The number of unbranched alkanes of at least 4 members (excludes halogenated alkanes) is 1. The molecule has 1 heterocycles. The van der Waals surface area contributed by atoms with Crippen molar-refractivity contribution in [1.29, 1.82) is 0 Å². The lowest BCUT2D eigenvalue weighted by Gasteiger charge is -2.30. The first-order valence-electron chi connectivity index (χ1n) is 8.74. The molecule has 1 atom stereocenters. The maximum Gasteiger partial charge on any atom is 0.338 e. The van der Waals surface area contributed by atoms with Crippen LogP contribution in [-0.4, -0.2) is 38.0 Å². The second-order valence-electron chi connectivity index (χ2n) is 5.94. The van der Waals surface area contributed by atoms with E-state index in [0.29, 0.717) is 29.6 Å². The monoisotopic (exact) mass is 378 g/mol. The van der Waals surface area contributed by atoms with Gasteiger partial charge in [-0.1, -0.05) is 31.5 Å². The van der Waals surface area contributed by atoms with Gasteiger partial charge in [-0.25, -0.2) is 4.79 Å². The zero-order chi connectivity index (χ0) is 18.9. The van der Waals surface area contributed by atoms with Gasteiger partial charge in [-0.2, -0.15) is 0 Å². The van der Waals surface area contributed by atoms with E-state index in [4.69, 9.17) is 26.4 Å². The Bertz CT molecular complexity index is 675. The van der Waals surface area contributed by atoms with E-state index in [1.807, 2.05) is 31.2 Å². The lowest BCUT2D eigenvalue weighted by Crippen LogP contribution is -2.45. The van der Waals surface area contributed by atoms with E-state index in [1.165, 1.54) is 0 Å². The van der Waals surface area contributed by atoms with E-state index < -0.39 is 12.0 Å². The summed E-state index contributed by atoms with van der Waals surface area (Å²) in [6.45, 7) is 5.09. The van der Waals surface area contributed by atoms with Gasteiger partial charge in [0.2, 0.25) is 0 Å². The molecule has 0 radical (unpaired) electrons. The van der Waals surface area contributed by atoms with Crippen molar-refractivity contribution < 1.29 is 19.0 Å². The van der Waals surface area contributed by atoms with Crippen LogP contribution in [0, 0.1) is 0 Å². The molecule has 142 valence electrons. The first kappa shape index (κ1) is 20.2. The van der Waals surface area contributed by atoms with Crippen molar-refractivity contribution in [3.05, 3.63) is 41.1 Å². The van der Waals surface area contributed by atoms with Crippen LogP contribution in [0.3, 0.4) is 0 Å². The van der Waals surface area contributed by atoms with Crippen molar-refractivity contribution in [2.45, 2.75) is 32.7 Å². The average molecular weight is 378 g/mol. The van der Waals surface area contributed by atoms with Crippen LogP contribution in [0.2, 0.25) is 0 Å². The predicted octanol–water partition coefficient (Wildman–Crippen LogP) is 2.85. The highest BCUT2D eigenvalue weighted by Gasteiger charge is 2.32. The molecule has 1 aliphatic rings. The normalized spacial score (nSPS) is 16.7. The number of esters is 1. The molecule has 2 N–H and O–H groups in total. The van der Waals surface area contributed by atoms with Crippen molar-refractivity contribution >= 4 is 23.3 Å². The number of benzene rings is 1. The Labute approximate surface area is 159 Å². The van der Waals surface area contributed by atoms with Gasteiger partial charge in [0.05, 0.1) is 24.8 Å². The van der Waals surface area contributed by atoms with Crippen LogP contribution in [0.25, 0.3) is 0 Å². The van der Waals surface area contributed by atoms with Crippen LogP contribution >= 0.6 is 12.2 Å². The second-order valence-corrected chi connectivity index (χ2v) is 6.35. The van der Waals surface area contributed by atoms with Gasteiger partial charge in [0.15, 0.2) is 5.11 Å². The molecule has 6 nitrogen and oxygen atoms in total. The van der Waals surface area contributed by atoms with Crippen LogP contribution in [0.5, 0.6) is 5.75 Å². The van der Waals surface area contributed by atoms with Gasteiger partial charge in [-0.15, -0.1) is 0 Å². The molecule has 0 saturated heterocycles. The van der Waals surface area contributed by atoms with Gasteiger partial charge >= 0.3 is 5.97 Å². The lowest BCUT2D eigenvalue weighted by atomic mass is 9.95. The van der Waals surface area contributed by atoms with Crippen molar-refractivity contribution in [3.63, 3.8) is 0 Å². The molecule has 7 heteroatoms. The molecule has 0 bridgehead atoms. The number of rotatable bonds is 9. The van der Waals surface area contributed by atoms with Crippen LogP contribution in [-0.2, 0) is 14.3 Å². The third-order valence-corrected chi connectivity index (χ3v) is 4.22. The summed E-state index contributed by atoms with van der Waals surface area (Å²) in [6, 6.07) is 7.23. The van der Waals surface area contributed by atoms with Crippen LogP contribution < -0.4 is 15.4 Å². The molecule has 1 aliphatic heterocycles. The summed E-state index contributed by atoms with van der Waals surface area (Å²) in [4.78, 5) is 12.6. The smallest absolute Gasteiger partial charge is 0.338 e. The number of carbonyl (C=O) groups excluding carboxylic acids is 1. The largest absolute Gasteiger partial charge is 0.493 e. The van der Waals surface area contributed by atoms with Gasteiger partial charge < -0.3 is 24.8 Å². The van der Waals surface area contributed by atoms with Crippen molar-refractivity contribution in [3.8, 4) is 5.75 Å². The van der Waals surface area contributed by atoms with E-state index in [0.717, 1.165) is 24.2 Å². The highest BCUT2D eigenvalue weighted by Crippen LogP contribution is 2.33. The van der Waals surface area contributed by atoms with E-state index in [9.17, 15) is 4.79 Å². The predicted molar refractivity (Wildman–Crippen MR) is 104 cm³/mol. The molecule has 0 saturated carbocycles. The van der Waals surface area contributed by atoms with E-state index in [1.54, 1.807) is 7.11 Å². The van der Waals surface area contributed by atoms with E-state index in [-0.39, 0.29) is 6.61 Å². The molecule has 2 rings (SSSR count). The molecule has 1 aromatic carbocycles. The molecule has 0 spiro atoms. The van der Waals surface area contributed by atoms with Gasteiger partial charge in [0, 0.05) is 18.4 Å². The fourth-order valence-electron chi connectivity index (χ4n) is 2.67. The first-order chi connectivity index (χ1) is 12.6. The standard InChI is InChI=1S/C19H26N2O4S/c1-4-5-10-24-15-9-7-6-8-14(15)17-16(13(2)20-19(26)21-17)18(22)25-12-11-23-3/h6-9,17H,4-5,10-12H2,1-3H3,(H2,20,21,26)/t17-/m1/s1. The fourth-order valence-corrected chi connectivity index (χ4v) is 2.94. The average Bonchev–Trinajstić information content (AvgIpc) is 2.62. The zero-order valence-electron chi connectivity index (χ0n) is 15.5. The van der Waals surface area contributed by atoms with E-state index in [2.05, 4.69) is 17.6 Å². The number of thiocarbonyl (C=S) groups is 1. The Morgan fingerprint density at radius 2 is 2.00 bits per heavy atom. The molecule has 26 heavy (non-hydrogen) atoms. The summed E-state index contributed by atoms with van der Waals surface area (Å²) >= 11 is 5.29. The maximum absolute atomic E-state index is 12.6. The van der Waals surface area contributed by atoms with Gasteiger partial charge in [-0.05, 0) is 31.6 Å². The summed E-state index contributed by atoms with van der Waals surface area (Å²) in [7, 11) is 1.56. The number of ether oxygens (including phenoxy) is 3. The van der Waals surface area contributed by atoms with Gasteiger partial charge in [-0.3, -0.25) is 0 Å². The third-order valence-electron chi connectivity index (χ3n) is 4.00. The Balaban J connectivity index is 2.31. The van der Waals surface area contributed by atoms with Gasteiger partial charge in [0.25, 0.3) is 0 Å². The quantitative estimate of drug-likeness (QED) is 0.389. The summed E-state index contributed by atoms with van der Waals surface area (Å²) in [5.41, 5.74) is 2.01. The Kier molecular flexibility index (Phi) is 7.87. The van der Waals surface area contributed by atoms with Crippen molar-refractivity contribution in [1.82, 2.24) is 10.6 Å². The molecule has 0 aliphatic carbocycles. The Morgan fingerprint density at radius 1 is 1.23 bits per heavy atom. The number of para-hydroxylation sites is 1. The lowest BCUT2D eigenvalue weighted by molar-refractivity contribution is -0.140. The summed E-state index contributed by atoms with van der Waals surface area (Å²) in [6.07, 6.45) is 2.01. The second kappa shape index (κ2) is 10.1. The van der Waals surface area contributed by atoms with Crippen LogP contribution in [0.15, 0.2) is 35.5 Å². The molecule has 0 aromatic heterocycles. The number of methoxy groups -OCH3 is 1. The molecule has 0 fully saturated rings. The Hall–Kier alpha value is -2.12. The summed E-state index contributed by atoms with van der Waals surface area (Å²) < 4.78 is 16.2. The van der Waals surface area contributed by atoms with Crippen LogP contribution in [0.4, 0.5) is 0 Å². The molecular formula is C19H26N2O4S. The highest BCUT2D eigenvalue weighted by molar-refractivity contribution is 7.80. The number of allylic oxidation sites excluding steroid dienone is 1. The fraction of sp³-hybridized carbons (Fsp3) is 0.474. The highest BCUT2D eigenvalue weighted by atomic mass is 32.1. The summed E-state index contributed by atoms with van der Waals surface area (Å²) in [5.74, 6) is 0.327. The maximum atomic E-state index is 12.6. The number of carbonyl (C=O) groups is 1. The van der Waals surface area contributed by atoms with E-state index >= 15 is 0 Å². The first-order valence-corrected chi connectivity index (χ1v) is 9.15. The topological polar surface area (TPSA) is 68.8 Å². The van der Waals surface area contributed by atoms with Crippen molar-refractivity contribution in [2.75, 3.05) is 26.9 Å². The van der Waals surface area contributed by atoms with Crippen LogP contribution in [0.1, 0.15) is 38.3 Å². The Morgan fingerprint density at radius 3 is 2.73 bits per heavy atom. The SMILES string of the molecule is CCCCOc1ccccc1[C@H]1NC(=S)NC(C)=C1C(=O)OCCOC. The molecule has 0 amide bonds. The molecule has 1 aromatic rings. The zero-order valence-corrected chi connectivity index (χ0v) is 16.3. The minimum absolute atomic E-state index is 0.192. The number of hydrogen-bond donors (Lipinski definition) is 2. The minimum Gasteiger partial charge on any atom is -0.493 e. The summed E-state index contributed by atoms with van der Waals surface area (Å²) in [5, 5.41) is 6.63. The molecule has 0 unspecified atom stereocenters. The van der Waals surface area contributed by atoms with Gasteiger partial charge in [0.1, 0.15) is 12.4 Å². The number of nitrogens with one attached hydrogen (secondary N) is 2. The molecular weight excluding hydrogens is 352 g/mol. The third kappa shape index (κ3) is 5.19. The minimum atomic E-state index is -0.434.